The number of nitrogens with two attached hydrogens (primary N) is 1. The molecular weight excluding hydrogens is 443 g/mol. The zero-order chi connectivity index (χ0) is 19.9. The topological polar surface area (TPSA) is 74.2 Å². The summed E-state index contributed by atoms with van der Waals surface area (Å²) in [6, 6.07) is 15.9. The summed E-state index contributed by atoms with van der Waals surface area (Å²) in [6.07, 6.45) is 2.12. The Morgan fingerprint density at radius 2 is 1.80 bits per heavy atom. The van der Waals surface area contributed by atoms with Crippen LogP contribution in [0, 0.1) is 0 Å². The average molecular weight is 472 g/mol. The molecule has 0 atom stereocenters. The molecule has 30 heavy (non-hydrogen) atoms. The smallest absolute Gasteiger partial charge is 0.267 e. The fourth-order valence-electron chi connectivity index (χ4n) is 3.20. The molecule has 164 valence electrons. The molecule has 2 aromatic carbocycles. The SMILES string of the molecule is CN(CCCc1ccc(CN)cc1)CCNC(=O)c1cc2c(Cl)cccc2[nH]1.Cl.Cl. The van der Waals surface area contributed by atoms with Gasteiger partial charge in [-0.2, -0.15) is 0 Å². The van der Waals surface area contributed by atoms with Gasteiger partial charge >= 0.3 is 0 Å². The first-order valence-corrected chi connectivity index (χ1v) is 9.96. The molecule has 0 bridgehead atoms. The summed E-state index contributed by atoms with van der Waals surface area (Å²) >= 11 is 6.16. The van der Waals surface area contributed by atoms with E-state index in [1.807, 2.05) is 18.2 Å². The van der Waals surface area contributed by atoms with Crippen LogP contribution in [0.2, 0.25) is 5.02 Å². The van der Waals surface area contributed by atoms with E-state index in [-0.39, 0.29) is 30.7 Å². The molecule has 0 spiro atoms. The number of H-pyrrole nitrogens is 1. The standard InChI is InChI=1S/C22H27ClN4O.2ClH/c1-27(12-3-4-16-7-9-17(15-24)10-8-16)13-11-25-22(28)21-14-18-19(23)5-2-6-20(18)26-21;;/h2,5-10,14,26H,3-4,11-13,15,24H2,1H3,(H,25,28);2*1H. The van der Waals surface area contributed by atoms with Crippen molar-refractivity contribution in [3.8, 4) is 0 Å². The predicted molar refractivity (Wildman–Crippen MR) is 130 cm³/mol. The van der Waals surface area contributed by atoms with E-state index < -0.39 is 0 Å². The van der Waals surface area contributed by atoms with Gasteiger partial charge in [0.25, 0.3) is 5.91 Å². The molecule has 8 heteroatoms. The van der Waals surface area contributed by atoms with Crippen LogP contribution in [0.4, 0.5) is 0 Å². The van der Waals surface area contributed by atoms with Crippen LogP contribution in [0.1, 0.15) is 28.0 Å². The maximum atomic E-state index is 12.3. The molecule has 4 N–H and O–H groups in total. The van der Waals surface area contributed by atoms with Crippen molar-refractivity contribution in [1.82, 2.24) is 15.2 Å². The number of halogens is 3. The summed E-state index contributed by atoms with van der Waals surface area (Å²) in [4.78, 5) is 17.7. The lowest BCUT2D eigenvalue weighted by atomic mass is 10.1. The van der Waals surface area contributed by atoms with Gasteiger partial charge in [0.1, 0.15) is 5.69 Å². The summed E-state index contributed by atoms with van der Waals surface area (Å²) in [5, 5.41) is 4.47. The minimum atomic E-state index is -0.110. The van der Waals surface area contributed by atoms with E-state index in [0.29, 0.717) is 23.8 Å². The highest BCUT2D eigenvalue weighted by atomic mass is 35.5. The van der Waals surface area contributed by atoms with Crippen LogP contribution in [0.3, 0.4) is 0 Å². The molecule has 0 saturated carbocycles. The van der Waals surface area contributed by atoms with Crippen LogP contribution in [0.5, 0.6) is 0 Å². The Kier molecular flexibility index (Phi) is 11.2. The van der Waals surface area contributed by atoms with Gasteiger partial charge in [-0.3, -0.25) is 4.79 Å². The second kappa shape index (κ2) is 12.8. The number of rotatable bonds is 9. The number of nitrogens with zero attached hydrogens (tertiary/aromatic N) is 1. The van der Waals surface area contributed by atoms with Crippen LogP contribution < -0.4 is 11.1 Å². The Hall–Kier alpha value is -1.76. The van der Waals surface area contributed by atoms with Crippen LogP contribution in [-0.2, 0) is 13.0 Å². The quantitative estimate of drug-likeness (QED) is 0.432. The molecule has 0 fully saturated rings. The van der Waals surface area contributed by atoms with Gasteiger partial charge in [0.15, 0.2) is 0 Å². The van der Waals surface area contributed by atoms with Gasteiger partial charge in [-0.25, -0.2) is 0 Å². The number of fused-ring (bicyclic) bond motifs is 1. The zero-order valence-corrected chi connectivity index (χ0v) is 19.4. The van der Waals surface area contributed by atoms with Crippen LogP contribution in [-0.4, -0.2) is 42.5 Å². The lowest BCUT2D eigenvalue weighted by Gasteiger charge is -2.16. The highest BCUT2D eigenvalue weighted by molar-refractivity contribution is 6.35. The molecule has 1 amide bonds. The van der Waals surface area contributed by atoms with Crippen molar-refractivity contribution >= 4 is 53.2 Å². The number of nitrogens with one attached hydrogen (secondary N) is 2. The van der Waals surface area contributed by atoms with E-state index in [1.54, 1.807) is 6.07 Å². The third-order valence-electron chi connectivity index (χ3n) is 4.90. The van der Waals surface area contributed by atoms with Crippen molar-refractivity contribution in [3.63, 3.8) is 0 Å². The van der Waals surface area contributed by atoms with Crippen LogP contribution >= 0.6 is 36.4 Å². The number of carbonyl (C=O) groups excluding carboxylic acids is 1. The third-order valence-corrected chi connectivity index (χ3v) is 5.23. The number of carbonyl (C=O) groups is 1. The molecule has 5 nitrogen and oxygen atoms in total. The zero-order valence-electron chi connectivity index (χ0n) is 17.0. The molecular formula is C22H29Cl3N4O. The van der Waals surface area contributed by atoms with E-state index in [0.717, 1.165) is 42.4 Å². The number of amides is 1. The normalized spacial score (nSPS) is 10.5. The summed E-state index contributed by atoms with van der Waals surface area (Å²) in [5.41, 5.74) is 9.52. The third kappa shape index (κ3) is 7.18. The first-order valence-electron chi connectivity index (χ1n) is 9.58. The maximum Gasteiger partial charge on any atom is 0.267 e. The summed E-state index contributed by atoms with van der Waals surface area (Å²) in [7, 11) is 2.08. The number of likely N-dealkylation sites (N-methyl/N-ethyl adjacent to an activating group) is 1. The minimum Gasteiger partial charge on any atom is -0.350 e. The van der Waals surface area contributed by atoms with E-state index in [9.17, 15) is 4.79 Å². The number of benzene rings is 2. The fourth-order valence-corrected chi connectivity index (χ4v) is 3.43. The molecule has 3 rings (SSSR count). The molecule has 0 saturated heterocycles. The molecule has 0 aliphatic rings. The second-order valence-corrected chi connectivity index (χ2v) is 7.47. The first-order chi connectivity index (χ1) is 13.6. The number of hydrogen-bond acceptors (Lipinski definition) is 3. The Bertz CT molecular complexity index is 928. The van der Waals surface area contributed by atoms with Crippen molar-refractivity contribution in [1.29, 1.82) is 0 Å². The number of hydrogen-bond donors (Lipinski definition) is 3. The second-order valence-electron chi connectivity index (χ2n) is 7.07. The van der Waals surface area contributed by atoms with Gasteiger partial charge in [0, 0.05) is 35.6 Å². The summed E-state index contributed by atoms with van der Waals surface area (Å²) in [6.45, 7) is 2.97. The van der Waals surface area contributed by atoms with Crippen molar-refractivity contribution in [2.45, 2.75) is 19.4 Å². The average Bonchev–Trinajstić information content (AvgIpc) is 3.14. The van der Waals surface area contributed by atoms with Crippen molar-refractivity contribution < 1.29 is 4.79 Å². The Labute approximate surface area is 195 Å². The Morgan fingerprint density at radius 1 is 1.10 bits per heavy atom. The van der Waals surface area contributed by atoms with E-state index in [4.69, 9.17) is 17.3 Å². The van der Waals surface area contributed by atoms with Gasteiger partial charge in [-0.1, -0.05) is 41.9 Å². The van der Waals surface area contributed by atoms with Crippen molar-refractivity contribution in [2.24, 2.45) is 5.73 Å². The number of aromatic amines is 1. The lowest BCUT2D eigenvalue weighted by Crippen LogP contribution is -2.33. The van der Waals surface area contributed by atoms with E-state index in [1.165, 1.54) is 5.56 Å². The van der Waals surface area contributed by atoms with Crippen LogP contribution in [0.25, 0.3) is 10.9 Å². The van der Waals surface area contributed by atoms with Gasteiger partial charge in [-0.05, 0) is 55.8 Å². The molecule has 3 aromatic rings. The van der Waals surface area contributed by atoms with Gasteiger partial charge in [-0.15, -0.1) is 24.8 Å². The lowest BCUT2D eigenvalue weighted by molar-refractivity contribution is 0.0945. The van der Waals surface area contributed by atoms with Crippen LogP contribution in [0.15, 0.2) is 48.5 Å². The first kappa shape index (κ1) is 26.3. The van der Waals surface area contributed by atoms with Gasteiger partial charge in [0.05, 0.1) is 0 Å². The van der Waals surface area contributed by atoms with Gasteiger partial charge < -0.3 is 20.9 Å². The van der Waals surface area contributed by atoms with E-state index in [2.05, 4.69) is 46.5 Å². The predicted octanol–water partition coefficient (Wildman–Crippen LogP) is 4.42. The molecule has 0 unspecified atom stereocenters. The number of aryl methyl sites for hydroxylation is 1. The molecule has 0 aliphatic heterocycles. The van der Waals surface area contributed by atoms with E-state index >= 15 is 0 Å². The molecule has 1 heterocycles. The number of aromatic nitrogens is 1. The molecule has 1 aromatic heterocycles. The monoisotopic (exact) mass is 470 g/mol. The summed E-state index contributed by atoms with van der Waals surface area (Å²) in [5.74, 6) is -0.110. The molecule has 0 radical (unpaired) electrons. The van der Waals surface area contributed by atoms with Crippen molar-refractivity contribution in [3.05, 3.63) is 70.4 Å². The fraction of sp³-hybridized carbons (Fsp3) is 0.318. The Morgan fingerprint density at radius 3 is 2.47 bits per heavy atom. The summed E-state index contributed by atoms with van der Waals surface area (Å²) < 4.78 is 0. The highest BCUT2D eigenvalue weighted by Gasteiger charge is 2.11. The highest BCUT2D eigenvalue weighted by Crippen LogP contribution is 2.23. The van der Waals surface area contributed by atoms with Gasteiger partial charge in [0.2, 0.25) is 0 Å². The Balaban J connectivity index is 0.00000225. The van der Waals surface area contributed by atoms with Crippen molar-refractivity contribution in [2.75, 3.05) is 26.7 Å². The maximum absolute atomic E-state index is 12.3. The largest absolute Gasteiger partial charge is 0.350 e. The minimum absolute atomic E-state index is 0. The molecule has 0 aliphatic carbocycles.